The molecule has 0 heterocycles. The quantitative estimate of drug-likeness (QED) is 0.509. The number of rotatable bonds is 5. The highest BCUT2D eigenvalue weighted by Crippen LogP contribution is 2.10. The van der Waals surface area contributed by atoms with Crippen molar-refractivity contribution < 1.29 is 9.53 Å². The third kappa shape index (κ3) is 4.43. The Morgan fingerprint density at radius 1 is 1.55 bits per heavy atom. The molecule has 0 radical (unpaired) electrons. The van der Waals surface area contributed by atoms with Crippen LogP contribution in [-0.4, -0.2) is 23.7 Å². The molecule has 0 bridgehead atoms. The smallest absolute Gasteiger partial charge is 0.160 e. The molecule has 11 heavy (non-hydrogen) atoms. The standard InChI is InChI=1S/C8H16O2S/c1-7(9)8(2,3)10-5-4-6-11/h11H,4-6H2,1-3H3. The summed E-state index contributed by atoms with van der Waals surface area (Å²) in [5.74, 6) is 0.866. The van der Waals surface area contributed by atoms with Gasteiger partial charge in [0.25, 0.3) is 0 Å². The average Bonchev–Trinajstić information content (AvgIpc) is 1.88. The van der Waals surface area contributed by atoms with Gasteiger partial charge in [-0.1, -0.05) is 0 Å². The Hall–Kier alpha value is -0.0200. The number of hydrogen-bond acceptors (Lipinski definition) is 3. The third-order valence-electron chi connectivity index (χ3n) is 1.61. The van der Waals surface area contributed by atoms with E-state index < -0.39 is 5.60 Å². The third-order valence-corrected chi connectivity index (χ3v) is 1.93. The van der Waals surface area contributed by atoms with Crippen molar-refractivity contribution in [1.29, 1.82) is 0 Å². The summed E-state index contributed by atoms with van der Waals surface area (Å²) >= 11 is 4.04. The summed E-state index contributed by atoms with van der Waals surface area (Å²) in [6.45, 7) is 5.72. The fourth-order valence-corrected chi connectivity index (χ4v) is 0.623. The Morgan fingerprint density at radius 3 is 2.45 bits per heavy atom. The van der Waals surface area contributed by atoms with Crippen molar-refractivity contribution in [2.75, 3.05) is 12.4 Å². The van der Waals surface area contributed by atoms with E-state index in [-0.39, 0.29) is 5.78 Å². The van der Waals surface area contributed by atoms with Crippen LogP contribution in [0.25, 0.3) is 0 Å². The van der Waals surface area contributed by atoms with Gasteiger partial charge in [0.05, 0.1) is 0 Å². The van der Waals surface area contributed by atoms with Crippen LogP contribution >= 0.6 is 12.6 Å². The number of carbonyl (C=O) groups excluding carboxylic acids is 1. The topological polar surface area (TPSA) is 26.3 Å². The minimum absolute atomic E-state index is 0.0664. The number of ether oxygens (including phenoxy) is 1. The van der Waals surface area contributed by atoms with Gasteiger partial charge in [-0.15, -0.1) is 0 Å². The van der Waals surface area contributed by atoms with Gasteiger partial charge in [0.2, 0.25) is 0 Å². The van der Waals surface area contributed by atoms with E-state index in [9.17, 15) is 4.79 Å². The number of carbonyl (C=O) groups is 1. The molecule has 0 amide bonds. The molecule has 0 aliphatic heterocycles. The maximum absolute atomic E-state index is 10.9. The van der Waals surface area contributed by atoms with Gasteiger partial charge < -0.3 is 4.74 Å². The van der Waals surface area contributed by atoms with E-state index >= 15 is 0 Å². The minimum atomic E-state index is -0.622. The van der Waals surface area contributed by atoms with Crippen molar-refractivity contribution in [1.82, 2.24) is 0 Å². The summed E-state index contributed by atoms with van der Waals surface area (Å²) in [4.78, 5) is 10.9. The first-order valence-electron chi connectivity index (χ1n) is 3.76. The molecule has 0 aliphatic carbocycles. The lowest BCUT2D eigenvalue weighted by Gasteiger charge is -2.21. The number of ketones is 1. The van der Waals surface area contributed by atoms with Crippen LogP contribution in [0.15, 0.2) is 0 Å². The fraction of sp³-hybridized carbons (Fsp3) is 0.875. The van der Waals surface area contributed by atoms with Crippen molar-refractivity contribution in [3.63, 3.8) is 0 Å². The van der Waals surface area contributed by atoms with Crippen molar-refractivity contribution in [2.45, 2.75) is 32.8 Å². The van der Waals surface area contributed by atoms with E-state index in [4.69, 9.17) is 4.74 Å². The summed E-state index contributed by atoms with van der Waals surface area (Å²) < 4.78 is 5.33. The highest BCUT2D eigenvalue weighted by atomic mass is 32.1. The van der Waals surface area contributed by atoms with Crippen LogP contribution in [0.1, 0.15) is 27.2 Å². The van der Waals surface area contributed by atoms with E-state index in [1.165, 1.54) is 0 Å². The Bertz CT molecular complexity index is 132. The molecule has 0 saturated carbocycles. The molecule has 0 aliphatic rings. The van der Waals surface area contributed by atoms with Crippen molar-refractivity contribution in [3.8, 4) is 0 Å². The molecule has 0 fully saturated rings. The fourth-order valence-electron chi connectivity index (χ4n) is 0.494. The first-order valence-corrected chi connectivity index (χ1v) is 4.40. The summed E-state index contributed by atoms with van der Waals surface area (Å²) in [7, 11) is 0. The van der Waals surface area contributed by atoms with E-state index in [0.29, 0.717) is 6.61 Å². The molecule has 0 unspecified atom stereocenters. The van der Waals surface area contributed by atoms with Crippen LogP contribution in [-0.2, 0) is 9.53 Å². The van der Waals surface area contributed by atoms with Crippen molar-refractivity contribution in [2.24, 2.45) is 0 Å². The molecular weight excluding hydrogens is 160 g/mol. The second-order valence-corrected chi connectivity index (χ2v) is 3.44. The minimum Gasteiger partial charge on any atom is -0.368 e. The van der Waals surface area contributed by atoms with Crippen molar-refractivity contribution >= 4 is 18.4 Å². The lowest BCUT2D eigenvalue weighted by atomic mass is 10.1. The highest BCUT2D eigenvalue weighted by Gasteiger charge is 2.23. The second-order valence-electron chi connectivity index (χ2n) is 2.99. The first-order chi connectivity index (χ1) is 5.00. The monoisotopic (exact) mass is 176 g/mol. The average molecular weight is 176 g/mol. The summed E-state index contributed by atoms with van der Waals surface area (Å²) in [6, 6.07) is 0. The largest absolute Gasteiger partial charge is 0.368 e. The Balaban J connectivity index is 3.64. The van der Waals surface area contributed by atoms with Gasteiger partial charge in [-0.3, -0.25) is 4.79 Å². The molecule has 0 spiro atoms. The van der Waals surface area contributed by atoms with Gasteiger partial charge in [-0.25, -0.2) is 0 Å². The predicted octanol–water partition coefficient (Wildman–Crippen LogP) is 1.69. The number of hydrogen-bond donors (Lipinski definition) is 1. The SMILES string of the molecule is CC(=O)C(C)(C)OCCCS. The van der Waals surface area contributed by atoms with Crippen LogP contribution < -0.4 is 0 Å². The van der Waals surface area contributed by atoms with Gasteiger partial charge in [-0.05, 0) is 32.9 Å². The Kier molecular flexibility index (Phi) is 4.77. The van der Waals surface area contributed by atoms with Gasteiger partial charge in [0.15, 0.2) is 5.78 Å². The van der Waals surface area contributed by atoms with Gasteiger partial charge in [0.1, 0.15) is 5.60 Å². The van der Waals surface area contributed by atoms with Crippen LogP contribution in [0.4, 0.5) is 0 Å². The van der Waals surface area contributed by atoms with E-state index in [1.54, 1.807) is 20.8 Å². The molecule has 66 valence electrons. The molecule has 2 nitrogen and oxygen atoms in total. The summed E-state index contributed by atoms with van der Waals surface area (Å²) in [5, 5.41) is 0. The summed E-state index contributed by atoms with van der Waals surface area (Å²) in [5.41, 5.74) is -0.622. The van der Waals surface area contributed by atoms with E-state index in [1.807, 2.05) is 0 Å². The molecule has 0 aromatic heterocycles. The Morgan fingerprint density at radius 2 is 2.09 bits per heavy atom. The van der Waals surface area contributed by atoms with Gasteiger partial charge in [0, 0.05) is 6.61 Å². The number of thiol groups is 1. The first kappa shape index (κ1) is 11.0. The van der Waals surface area contributed by atoms with Gasteiger partial charge in [-0.2, -0.15) is 12.6 Å². The van der Waals surface area contributed by atoms with Crippen LogP contribution in [0.3, 0.4) is 0 Å². The summed E-state index contributed by atoms with van der Waals surface area (Å²) in [6.07, 6.45) is 0.889. The highest BCUT2D eigenvalue weighted by molar-refractivity contribution is 7.80. The predicted molar refractivity (Wildman–Crippen MR) is 49.2 cm³/mol. The zero-order valence-corrected chi connectivity index (χ0v) is 8.28. The maximum Gasteiger partial charge on any atom is 0.160 e. The molecule has 0 saturated heterocycles. The maximum atomic E-state index is 10.9. The number of Topliss-reactive ketones (excluding diaryl/α,β-unsaturated/α-hetero) is 1. The molecule has 0 aromatic carbocycles. The Labute approximate surface area is 73.7 Å². The lowest BCUT2D eigenvalue weighted by molar-refractivity contribution is -0.137. The van der Waals surface area contributed by atoms with Crippen LogP contribution in [0, 0.1) is 0 Å². The zero-order valence-electron chi connectivity index (χ0n) is 7.39. The molecular formula is C8H16O2S. The van der Waals surface area contributed by atoms with Gasteiger partial charge >= 0.3 is 0 Å². The van der Waals surface area contributed by atoms with Crippen LogP contribution in [0.5, 0.6) is 0 Å². The zero-order chi connectivity index (χ0) is 8.91. The van der Waals surface area contributed by atoms with E-state index in [0.717, 1.165) is 12.2 Å². The normalized spacial score (nSPS) is 11.6. The lowest BCUT2D eigenvalue weighted by Crippen LogP contribution is -2.33. The molecule has 0 N–H and O–H groups in total. The molecule has 0 atom stereocenters. The molecule has 0 aromatic rings. The molecule has 0 rings (SSSR count). The second kappa shape index (κ2) is 4.78. The van der Waals surface area contributed by atoms with Crippen molar-refractivity contribution in [3.05, 3.63) is 0 Å². The van der Waals surface area contributed by atoms with E-state index in [2.05, 4.69) is 12.6 Å². The molecule has 3 heteroatoms. The van der Waals surface area contributed by atoms with Crippen LogP contribution in [0.2, 0.25) is 0 Å².